The third-order valence-electron chi connectivity index (χ3n) is 4.40. The van der Waals surface area contributed by atoms with Gasteiger partial charge in [-0.2, -0.15) is 0 Å². The van der Waals surface area contributed by atoms with Gasteiger partial charge in [0, 0.05) is 21.9 Å². The van der Waals surface area contributed by atoms with Crippen molar-refractivity contribution in [1.82, 2.24) is 4.57 Å². The van der Waals surface area contributed by atoms with Crippen LogP contribution in [-0.4, -0.2) is 10.5 Å². The predicted molar refractivity (Wildman–Crippen MR) is 93.4 cm³/mol. The lowest BCUT2D eigenvalue weighted by Gasteiger charge is -2.09. The van der Waals surface area contributed by atoms with Crippen LogP contribution >= 0.6 is 0 Å². The number of fused-ring (bicyclic) bond motifs is 3. The van der Waals surface area contributed by atoms with Crippen LogP contribution in [0.4, 0.5) is 8.78 Å². The van der Waals surface area contributed by atoms with E-state index in [0.29, 0.717) is 32.9 Å². The molecule has 5 heteroatoms. The first kappa shape index (κ1) is 15.3. The molecule has 0 unspecified atom stereocenters. The number of hydrogen-bond donors (Lipinski definition) is 1. The third-order valence-corrected chi connectivity index (χ3v) is 4.40. The number of primary amides is 1. The summed E-state index contributed by atoms with van der Waals surface area (Å²) in [6.45, 7) is 0.221. The fraction of sp³-hybridized carbons (Fsp3) is 0.0500. The van der Waals surface area contributed by atoms with Gasteiger partial charge in [-0.1, -0.05) is 24.3 Å². The number of nitrogens with two attached hydrogens (primary N) is 1. The molecule has 3 aromatic carbocycles. The smallest absolute Gasteiger partial charge is 0.249 e. The molecule has 0 aliphatic heterocycles. The van der Waals surface area contributed by atoms with Gasteiger partial charge in [0.2, 0.25) is 5.91 Å². The minimum absolute atomic E-state index is 0.221. The number of halogens is 2. The Bertz CT molecular complexity index is 1130. The second kappa shape index (κ2) is 5.70. The fourth-order valence-electron chi connectivity index (χ4n) is 3.29. The fourth-order valence-corrected chi connectivity index (χ4v) is 3.29. The van der Waals surface area contributed by atoms with Crippen LogP contribution < -0.4 is 5.73 Å². The summed E-state index contributed by atoms with van der Waals surface area (Å²) in [7, 11) is 0. The molecule has 0 spiro atoms. The minimum Gasteiger partial charge on any atom is -0.366 e. The standard InChI is InChI=1S/C20H14F2N2O/c21-13-8-9-14-18(10-13)24(11-12-4-1-2-6-16(12)22)17-7-3-5-15(19(14)17)20(23)25/h1-10H,11H2,(H2,23,25). The number of amides is 1. The zero-order chi connectivity index (χ0) is 17.6. The van der Waals surface area contributed by atoms with E-state index in [-0.39, 0.29) is 12.4 Å². The summed E-state index contributed by atoms with van der Waals surface area (Å²) in [6.07, 6.45) is 0. The first-order valence-corrected chi connectivity index (χ1v) is 7.80. The lowest BCUT2D eigenvalue weighted by Crippen LogP contribution is -2.11. The lowest BCUT2D eigenvalue weighted by atomic mass is 10.1. The average molecular weight is 336 g/mol. The maximum absolute atomic E-state index is 14.1. The molecule has 0 radical (unpaired) electrons. The number of carbonyl (C=O) groups is 1. The normalized spacial score (nSPS) is 11.3. The molecule has 0 saturated carbocycles. The molecule has 4 aromatic rings. The summed E-state index contributed by atoms with van der Waals surface area (Å²) in [5, 5.41) is 1.36. The van der Waals surface area contributed by atoms with Crippen molar-refractivity contribution >= 4 is 27.7 Å². The maximum atomic E-state index is 14.1. The molecule has 1 heterocycles. The van der Waals surface area contributed by atoms with Crippen molar-refractivity contribution < 1.29 is 13.6 Å². The zero-order valence-electron chi connectivity index (χ0n) is 13.2. The first-order valence-electron chi connectivity index (χ1n) is 7.80. The molecule has 25 heavy (non-hydrogen) atoms. The molecule has 0 aliphatic carbocycles. The van der Waals surface area contributed by atoms with Crippen LogP contribution in [0.2, 0.25) is 0 Å². The van der Waals surface area contributed by atoms with E-state index in [1.807, 2.05) is 6.07 Å². The Morgan fingerprint density at radius 2 is 1.76 bits per heavy atom. The quantitative estimate of drug-likeness (QED) is 0.598. The highest BCUT2D eigenvalue weighted by Crippen LogP contribution is 2.33. The topological polar surface area (TPSA) is 48.0 Å². The molecule has 1 amide bonds. The predicted octanol–water partition coefficient (Wildman–Crippen LogP) is 4.22. The van der Waals surface area contributed by atoms with E-state index in [0.717, 1.165) is 0 Å². The molecule has 2 N–H and O–H groups in total. The Kier molecular flexibility index (Phi) is 3.50. The second-order valence-electron chi connectivity index (χ2n) is 5.90. The van der Waals surface area contributed by atoms with Gasteiger partial charge in [-0.05, 0) is 36.4 Å². The van der Waals surface area contributed by atoms with Gasteiger partial charge in [0.15, 0.2) is 0 Å². The number of aromatic nitrogens is 1. The molecule has 124 valence electrons. The molecule has 1 aromatic heterocycles. The summed E-state index contributed by atoms with van der Waals surface area (Å²) < 4.78 is 29.8. The van der Waals surface area contributed by atoms with E-state index in [2.05, 4.69) is 0 Å². The molecule has 3 nitrogen and oxygen atoms in total. The summed E-state index contributed by atoms with van der Waals surface area (Å²) in [5.74, 6) is -1.29. The second-order valence-corrected chi connectivity index (χ2v) is 5.90. The zero-order valence-corrected chi connectivity index (χ0v) is 13.2. The minimum atomic E-state index is -0.556. The molecule has 0 aliphatic rings. The number of rotatable bonds is 3. The van der Waals surface area contributed by atoms with Crippen molar-refractivity contribution in [2.24, 2.45) is 5.73 Å². The third kappa shape index (κ3) is 2.45. The van der Waals surface area contributed by atoms with Crippen molar-refractivity contribution in [3.63, 3.8) is 0 Å². The summed E-state index contributed by atoms with van der Waals surface area (Å²) in [4.78, 5) is 11.8. The van der Waals surface area contributed by atoms with E-state index >= 15 is 0 Å². The van der Waals surface area contributed by atoms with E-state index in [1.54, 1.807) is 41.0 Å². The van der Waals surface area contributed by atoms with Crippen molar-refractivity contribution in [2.45, 2.75) is 6.54 Å². The summed E-state index contributed by atoms with van der Waals surface area (Å²) >= 11 is 0. The van der Waals surface area contributed by atoms with Gasteiger partial charge >= 0.3 is 0 Å². The highest BCUT2D eigenvalue weighted by atomic mass is 19.1. The van der Waals surface area contributed by atoms with Gasteiger partial charge < -0.3 is 10.3 Å². The Morgan fingerprint density at radius 1 is 0.960 bits per heavy atom. The van der Waals surface area contributed by atoms with Gasteiger partial charge in [0.1, 0.15) is 11.6 Å². The Labute approximate surface area is 142 Å². The van der Waals surface area contributed by atoms with Crippen LogP contribution in [0.1, 0.15) is 15.9 Å². The van der Waals surface area contributed by atoms with Crippen LogP contribution in [0.15, 0.2) is 60.7 Å². The monoisotopic (exact) mass is 336 g/mol. The Morgan fingerprint density at radius 3 is 2.52 bits per heavy atom. The summed E-state index contributed by atoms with van der Waals surface area (Å²) in [6, 6.07) is 16.0. The van der Waals surface area contributed by atoms with Crippen LogP contribution in [0.25, 0.3) is 21.8 Å². The number of benzene rings is 3. The SMILES string of the molecule is NC(=O)c1cccc2c1c1ccc(F)cc1n2Cc1ccccc1F. The molecule has 0 fully saturated rings. The van der Waals surface area contributed by atoms with Gasteiger partial charge in [-0.3, -0.25) is 4.79 Å². The molecule has 4 rings (SSSR count). The molecule has 0 atom stereocenters. The molecular weight excluding hydrogens is 322 g/mol. The molecule has 0 bridgehead atoms. The Hall–Kier alpha value is -3.21. The van der Waals surface area contributed by atoms with Crippen LogP contribution in [0.3, 0.4) is 0 Å². The van der Waals surface area contributed by atoms with Gasteiger partial charge in [-0.15, -0.1) is 0 Å². The van der Waals surface area contributed by atoms with Crippen LogP contribution in [-0.2, 0) is 6.54 Å². The van der Waals surface area contributed by atoms with Gasteiger partial charge in [0.05, 0.1) is 17.6 Å². The van der Waals surface area contributed by atoms with Crippen molar-refractivity contribution in [3.8, 4) is 0 Å². The lowest BCUT2D eigenvalue weighted by molar-refractivity contribution is 0.100. The average Bonchev–Trinajstić information content (AvgIpc) is 2.90. The van der Waals surface area contributed by atoms with Gasteiger partial charge in [-0.25, -0.2) is 8.78 Å². The number of nitrogens with zero attached hydrogens (tertiary/aromatic N) is 1. The molecular formula is C20H14F2N2O. The molecule has 0 saturated heterocycles. The maximum Gasteiger partial charge on any atom is 0.249 e. The van der Waals surface area contributed by atoms with E-state index in [4.69, 9.17) is 5.73 Å². The Balaban J connectivity index is 2.08. The van der Waals surface area contributed by atoms with Crippen LogP contribution in [0.5, 0.6) is 0 Å². The van der Waals surface area contributed by atoms with Gasteiger partial charge in [0.25, 0.3) is 0 Å². The summed E-state index contributed by atoms with van der Waals surface area (Å²) in [5.41, 5.74) is 7.65. The van der Waals surface area contributed by atoms with E-state index < -0.39 is 11.7 Å². The highest BCUT2D eigenvalue weighted by Gasteiger charge is 2.17. The van der Waals surface area contributed by atoms with Crippen LogP contribution in [0, 0.1) is 11.6 Å². The van der Waals surface area contributed by atoms with Crippen molar-refractivity contribution in [2.75, 3.05) is 0 Å². The van der Waals surface area contributed by atoms with Crippen molar-refractivity contribution in [3.05, 3.63) is 83.4 Å². The number of carbonyl (C=O) groups excluding carboxylic acids is 1. The van der Waals surface area contributed by atoms with E-state index in [9.17, 15) is 13.6 Å². The highest BCUT2D eigenvalue weighted by molar-refractivity contribution is 6.17. The first-order chi connectivity index (χ1) is 12.1. The number of hydrogen-bond acceptors (Lipinski definition) is 1. The largest absolute Gasteiger partial charge is 0.366 e. The van der Waals surface area contributed by atoms with Crippen molar-refractivity contribution in [1.29, 1.82) is 0 Å². The van der Waals surface area contributed by atoms with E-state index in [1.165, 1.54) is 18.2 Å².